The average molecular weight is 259 g/mol. The van der Waals surface area contributed by atoms with Crippen molar-refractivity contribution in [3.8, 4) is 0 Å². The van der Waals surface area contributed by atoms with Crippen LogP contribution in [0.15, 0.2) is 6.33 Å². The minimum atomic E-state index is 0.362. The van der Waals surface area contributed by atoms with Crippen LogP contribution in [0.3, 0.4) is 0 Å². The quantitative estimate of drug-likeness (QED) is 0.886. The first kappa shape index (κ1) is 12.5. The molecule has 3 rings (SSSR count). The van der Waals surface area contributed by atoms with Crippen molar-refractivity contribution in [2.24, 2.45) is 5.73 Å². The van der Waals surface area contributed by atoms with E-state index in [1.807, 2.05) is 0 Å². The van der Waals surface area contributed by atoms with Crippen LogP contribution in [-0.2, 0) is 6.42 Å². The minimum absolute atomic E-state index is 0.362. The first-order valence-corrected chi connectivity index (χ1v) is 7.23. The monoisotopic (exact) mass is 259 g/mol. The Hall–Kier alpha value is -1.49. The second-order valence-corrected chi connectivity index (χ2v) is 5.49. The van der Waals surface area contributed by atoms with Crippen LogP contribution in [0, 0.1) is 0 Å². The number of aryl methyl sites for hydroxylation is 1. The topological polar surface area (TPSA) is 80.5 Å². The van der Waals surface area contributed by atoms with Gasteiger partial charge in [-0.25, -0.2) is 15.0 Å². The number of fused-ring (bicyclic) bond motifs is 1. The van der Waals surface area contributed by atoms with Gasteiger partial charge in [-0.1, -0.05) is 13.3 Å². The molecule has 1 aliphatic carbocycles. The number of hydrogen-bond donors (Lipinski definition) is 2. The number of nitrogens with two attached hydrogens (primary N) is 1. The van der Waals surface area contributed by atoms with E-state index in [0.29, 0.717) is 12.0 Å². The SMILES string of the molecule is CCCc1nc(C2CCC(N)CC2)nc2nc[nH]c12. The summed E-state index contributed by atoms with van der Waals surface area (Å²) in [5.74, 6) is 1.42. The Labute approximate surface area is 113 Å². The van der Waals surface area contributed by atoms with E-state index in [1.54, 1.807) is 6.33 Å². The molecule has 2 heterocycles. The van der Waals surface area contributed by atoms with E-state index in [9.17, 15) is 0 Å². The van der Waals surface area contributed by atoms with Gasteiger partial charge in [-0.3, -0.25) is 0 Å². The number of rotatable bonds is 3. The Bertz CT molecular complexity index is 554. The molecule has 19 heavy (non-hydrogen) atoms. The maximum absolute atomic E-state index is 5.97. The Morgan fingerprint density at radius 2 is 2.05 bits per heavy atom. The normalized spacial score (nSPS) is 23.9. The Balaban J connectivity index is 1.94. The van der Waals surface area contributed by atoms with E-state index in [2.05, 4.69) is 21.9 Å². The number of aromatic nitrogens is 4. The van der Waals surface area contributed by atoms with Gasteiger partial charge in [0.15, 0.2) is 5.65 Å². The molecule has 1 saturated carbocycles. The fourth-order valence-electron chi connectivity index (χ4n) is 2.89. The van der Waals surface area contributed by atoms with Crippen molar-refractivity contribution in [2.45, 2.75) is 57.4 Å². The molecule has 2 aromatic heterocycles. The van der Waals surface area contributed by atoms with Crippen LogP contribution in [0.5, 0.6) is 0 Å². The molecule has 102 valence electrons. The van der Waals surface area contributed by atoms with Gasteiger partial charge in [0.1, 0.15) is 11.3 Å². The van der Waals surface area contributed by atoms with E-state index in [-0.39, 0.29) is 0 Å². The largest absolute Gasteiger partial charge is 0.342 e. The van der Waals surface area contributed by atoms with Crippen LogP contribution in [0.25, 0.3) is 11.2 Å². The Morgan fingerprint density at radius 1 is 1.26 bits per heavy atom. The molecule has 0 unspecified atom stereocenters. The number of nitrogens with one attached hydrogen (secondary N) is 1. The smallest absolute Gasteiger partial charge is 0.181 e. The van der Waals surface area contributed by atoms with Gasteiger partial charge in [-0.2, -0.15) is 0 Å². The molecule has 0 atom stereocenters. The molecule has 0 radical (unpaired) electrons. The molecule has 0 amide bonds. The molecule has 0 saturated heterocycles. The number of aromatic amines is 1. The van der Waals surface area contributed by atoms with Gasteiger partial charge in [0.25, 0.3) is 0 Å². The summed E-state index contributed by atoms with van der Waals surface area (Å²) in [4.78, 5) is 16.9. The summed E-state index contributed by atoms with van der Waals surface area (Å²) < 4.78 is 0. The molecule has 0 aromatic carbocycles. The average Bonchev–Trinajstić information content (AvgIpc) is 2.88. The first-order valence-electron chi connectivity index (χ1n) is 7.23. The van der Waals surface area contributed by atoms with Crippen LogP contribution >= 0.6 is 0 Å². The van der Waals surface area contributed by atoms with Gasteiger partial charge in [-0.15, -0.1) is 0 Å². The van der Waals surface area contributed by atoms with Gasteiger partial charge in [0.2, 0.25) is 0 Å². The second kappa shape index (κ2) is 5.25. The summed E-state index contributed by atoms with van der Waals surface area (Å²) >= 11 is 0. The van der Waals surface area contributed by atoms with Crippen molar-refractivity contribution >= 4 is 11.2 Å². The first-order chi connectivity index (χ1) is 9.28. The van der Waals surface area contributed by atoms with Crippen LogP contribution in [0.4, 0.5) is 0 Å². The summed E-state index contributed by atoms with van der Waals surface area (Å²) in [7, 11) is 0. The van der Waals surface area contributed by atoms with Gasteiger partial charge < -0.3 is 10.7 Å². The molecule has 5 nitrogen and oxygen atoms in total. The third-order valence-corrected chi connectivity index (χ3v) is 4.00. The van der Waals surface area contributed by atoms with E-state index in [1.165, 1.54) is 0 Å². The highest BCUT2D eigenvalue weighted by molar-refractivity contribution is 5.72. The zero-order valence-corrected chi connectivity index (χ0v) is 11.4. The van der Waals surface area contributed by atoms with Gasteiger partial charge in [0.05, 0.1) is 12.0 Å². The zero-order chi connectivity index (χ0) is 13.2. The summed E-state index contributed by atoms with van der Waals surface area (Å²) in [5, 5.41) is 0. The fourth-order valence-corrected chi connectivity index (χ4v) is 2.89. The minimum Gasteiger partial charge on any atom is -0.342 e. The lowest BCUT2D eigenvalue weighted by Gasteiger charge is -2.25. The third-order valence-electron chi connectivity index (χ3n) is 4.00. The summed E-state index contributed by atoms with van der Waals surface area (Å²) in [6.45, 7) is 2.17. The van der Waals surface area contributed by atoms with Crippen molar-refractivity contribution in [1.29, 1.82) is 0 Å². The molecule has 0 spiro atoms. The summed E-state index contributed by atoms with van der Waals surface area (Å²) in [6, 6.07) is 0.362. The molecule has 0 bridgehead atoms. The number of imidazole rings is 1. The zero-order valence-electron chi connectivity index (χ0n) is 11.4. The molecular formula is C14H21N5. The van der Waals surface area contributed by atoms with E-state index >= 15 is 0 Å². The summed E-state index contributed by atoms with van der Waals surface area (Å²) in [5.41, 5.74) is 8.88. The fraction of sp³-hybridized carbons (Fsp3) is 0.643. The lowest BCUT2D eigenvalue weighted by molar-refractivity contribution is 0.384. The van der Waals surface area contributed by atoms with Gasteiger partial charge >= 0.3 is 0 Å². The predicted molar refractivity (Wildman–Crippen MR) is 74.9 cm³/mol. The van der Waals surface area contributed by atoms with Crippen LogP contribution < -0.4 is 5.73 Å². The maximum atomic E-state index is 5.97. The predicted octanol–water partition coefficient (Wildman–Crippen LogP) is 2.29. The van der Waals surface area contributed by atoms with Gasteiger partial charge in [0, 0.05) is 12.0 Å². The molecule has 2 aromatic rings. The molecular weight excluding hydrogens is 238 g/mol. The van der Waals surface area contributed by atoms with Gasteiger partial charge in [-0.05, 0) is 32.1 Å². The van der Waals surface area contributed by atoms with Crippen LogP contribution in [-0.4, -0.2) is 26.0 Å². The van der Waals surface area contributed by atoms with Crippen LogP contribution in [0.1, 0.15) is 56.5 Å². The Morgan fingerprint density at radius 3 is 2.79 bits per heavy atom. The molecule has 0 aliphatic heterocycles. The molecule has 1 aliphatic rings. The third kappa shape index (κ3) is 2.47. The van der Waals surface area contributed by atoms with Crippen molar-refractivity contribution < 1.29 is 0 Å². The number of H-pyrrole nitrogens is 1. The lowest BCUT2D eigenvalue weighted by Crippen LogP contribution is -2.26. The number of nitrogens with zero attached hydrogens (tertiary/aromatic N) is 3. The van der Waals surface area contributed by atoms with E-state index in [4.69, 9.17) is 10.7 Å². The highest BCUT2D eigenvalue weighted by Crippen LogP contribution is 2.31. The number of hydrogen-bond acceptors (Lipinski definition) is 4. The van der Waals surface area contributed by atoms with E-state index < -0.39 is 0 Å². The second-order valence-electron chi connectivity index (χ2n) is 5.49. The van der Waals surface area contributed by atoms with Crippen LogP contribution in [0.2, 0.25) is 0 Å². The summed E-state index contributed by atoms with van der Waals surface area (Å²) in [6.07, 6.45) is 8.12. The van der Waals surface area contributed by atoms with Crippen molar-refractivity contribution in [2.75, 3.05) is 0 Å². The highest BCUT2D eigenvalue weighted by atomic mass is 15.0. The Kier molecular flexibility index (Phi) is 3.46. The van der Waals surface area contributed by atoms with Crippen molar-refractivity contribution in [1.82, 2.24) is 19.9 Å². The van der Waals surface area contributed by atoms with Crippen molar-refractivity contribution in [3.05, 3.63) is 17.8 Å². The highest BCUT2D eigenvalue weighted by Gasteiger charge is 2.23. The standard InChI is InChI=1S/C14H21N5/c1-2-3-11-12-14(17-8-16-12)19-13(18-11)9-4-6-10(15)7-5-9/h8-10H,2-7,15H2,1H3,(H,16,17,18,19). The molecule has 5 heteroatoms. The van der Waals surface area contributed by atoms with E-state index in [0.717, 1.165) is 61.2 Å². The maximum Gasteiger partial charge on any atom is 0.181 e. The lowest BCUT2D eigenvalue weighted by atomic mass is 9.86. The molecule has 1 fully saturated rings. The van der Waals surface area contributed by atoms with Crippen molar-refractivity contribution in [3.63, 3.8) is 0 Å². The molecule has 3 N–H and O–H groups in total.